The van der Waals surface area contributed by atoms with Gasteiger partial charge in [-0.25, -0.2) is 17.8 Å². The van der Waals surface area contributed by atoms with Crippen LogP contribution in [0.3, 0.4) is 0 Å². The molecule has 3 rings (SSSR count). The minimum atomic E-state index is -3.63. The Morgan fingerprint density at radius 1 is 1.26 bits per heavy atom. The van der Waals surface area contributed by atoms with Gasteiger partial charge < -0.3 is 0 Å². The number of sulfonamides is 1. The zero-order valence-electron chi connectivity index (χ0n) is 12.3. The zero-order valence-corrected chi connectivity index (χ0v) is 14.7. The van der Waals surface area contributed by atoms with Gasteiger partial charge >= 0.3 is 0 Å². The quantitative estimate of drug-likeness (QED) is 0.827. The standard InChI is InChI=1S/C15H16BrN3O3S/c16-12-5-1-2-7-14(12)23(21,22)17-8-9-19-15(20)10-11-4-3-6-13(11)18-19/h1-2,5,7,10,17H,3-4,6,8-9H2. The molecule has 1 N–H and O–H groups in total. The maximum Gasteiger partial charge on any atom is 0.267 e. The highest BCUT2D eigenvalue weighted by Gasteiger charge is 2.17. The molecule has 122 valence electrons. The highest BCUT2D eigenvalue weighted by molar-refractivity contribution is 9.10. The van der Waals surface area contributed by atoms with Gasteiger partial charge in [0.15, 0.2) is 0 Å². The van der Waals surface area contributed by atoms with Gasteiger partial charge in [0, 0.05) is 17.1 Å². The second-order valence-electron chi connectivity index (χ2n) is 5.36. The van der Waals surface area contributed by atoms with Gasteiger partial charge in [0.1, 0.15) is 0 Å². The maximum absolute atomic E-state index is 12.3. The molecule has 0 fully saturated rings. The summed E-state index contributed by atoms with van der Waals surface area (Å²) in [5.74, 6) is 0. The van der Waals surface area contributed by atoms with Crippen molar-refractivity contribution in [2.45, 2.75) is 30.7 Å². The molecule has 0 saturated heterocycles. The van der Waals surface area contributed by atoms with Crippen LogP contribution in [-0.4, -0.2) is 24.7 Å². The van der Waals surface area contributed by atoms with Crippen molar-refractivity contribution in [2.24, 2.45) is 0 Å². The molecule has 8 heteroatoms. The molecule has 0 radical (unpaired) electrons. The third-order valence-electron chi connectivity index (χ3n) is 3.77. The molecule has 23 heavy (non-hydrogen) atoms. The molecule has 0 bridgehead atoms. The van der Waals surface area contributed by atoms with E-state index in [1.165, 1.54) is 10.7 Å². The fourth-order valence-electron chi connectivity index (χ4n) is 2.63. The third kappa shape index (κ3) is 3.54. The lowest BCUT2D eigenvalue weighted by molar-refractivity contribution is 0.541. The monoisotopic (exact) mass is 397 g/mol. The molecule has 0 aliphatic heterocycles. The van der Waals surface area contributed by atoms with E-state index in [-0.39, 0.29) is 23.5 Å². The Morgan fingerprint density at radius 2 is 2.04 bits per heavy atom. The van der Waals surface area contributed by atoms with Crippen LogP contribution < -0.4 is 10.3 Å². The Kier molecular flexibility index (Phi) is 4.65. The van der Waals surface area contributed by atoms with Gasteiger partial charge in [-0.05, 0) is 52.9 Å². The highest BCUT2D eigenvalue weighted by atomic mass is 79.9. The van der Waals surface area contributed by atoms with Crippen molar-refractivity contribution in [1.82, 2.24) is 14.5 Å². The van der Waals surface area contributed by atoms with E-state index in [4.69, 9.17) is 0 Å². The molecule has 0 spiro atoms. The Morgan fingerprint density at radius 3 is 2.83 bits per heavy atom. The largest absolute Gasteiger partial charge is 0.268 e. The molecular formula is C15H16BrN3O3S. The molecule has 0 atom stereocenters. The number of benzene rings is 1. The smallest absolute Gasteiger partial charge is 0.267 e. The summed E-state index contributed by atoms with van der Waals surface area (Å²) < 4.78 is 28.9. The van der Waals surface area contributed by atoms with Gasteiger partial charge in [0.25, 0.3) is 5.56 Å². The predicted octanol–water partition coefficient (Wildman–Crippen LogP) is 1.47. The summed E-state index contributed by atoms with van der Waals surface area (Å²) in [6.45, 7) is 0.311. The first-order valence-electron chi connectivity index (χ1n) is 7.31. The minimum absolute atomic E-state index is 0.107. The Balaban J connectivity index is 1.70. The number of fused-ring (bicyclic) bond motifs is 1. The van der Waals surface area contributed by atoms with Crippen LogP contribution in [0.5, 0.6) is 0 Å². The number of hydrogen-bond acceptors (Lipinski definition) is 4. The average molecular weight is 398 g/mol. The van der Waals surface area contributed by atoms with Crippen molar-refractivity contribution >= 4 is 26.0 Å². The first-order valence-corrected chi connectivity index (χ1v) is 9.59. The van der Waals surface area contributed by atoms with E-state index in [0.29, 0.717) is 4.47 Å². The summed E-state index contributed by atoms with van der Waals surface area (Å²) in [5.41, 5.74) is 1.77. The Hall–Kier alpha value is -1.51. The summed E-state index contributed by atoms with van der Waals surface area (Å²) in [5, 5.41) is 4.32. The summed E-state index contributed by atoms with van der Waals surface area (Å²) in [6, 6.07) is 8.20. The van der Waals surface area contributed by atoms with E-state index in [0.717, 1.165) is 30.5 Å². The molecule has 0 saturated carbocycles. The first kappa shape index (κ1) is 16.4. The molecule has 2 aromatic rings. The summed E-state index contributed by atoms with van der Waals surface area (Å²) in [7, 11) is -3.63. The molecule has 6 nitrogen and oxygen atoms in total. The number of nitrogens with zero attached hydrogens (tertiary/aromatic N) is 2. The topological polar surface area (TPSA) is 81.1 Å². The van der Waals surface area contributed by atoms with E-state index in [1.807, 2.05) is 0 Å². The highest BCUT2D eigenvalue weighted by Crippen LogP contribution is 2.20. The second kappa shape index (κ2) is 6.54. The van der Waals surface area contributed by atoms with E-state index < -0.39 is 10.0 Å². The lowest BCUT2D eigenvalue weighted by Gasteiger charge is -2.10. The van der Waals surface area contributed by atoms with Gasteiger partial charge in [0.2, 0.25) is 10.0 Å². The van der Waals surface area contributed by atoms with Gasteiger partial charge in [-0.1, -0.05) is 12.1 Å². The lowest BCUT2D eigenvalue weighted by Crippen LogP contribution is -2.32. The SMILES string of the molecule is O=c1cc2c(nn1CCNS(=O)(=O)c1ccccc1Br)CCC2. The Bertz CT molecular complexity index is 893. The van der Waals surface area contributed by atoms with Crippen molar-refractivity contribution < 1.29 is 8.42 Å². The van der Waals surface area contributed by atoms with Gasteiger partial charge in [0.05, 0.1) is 17.1 Å². The van der Waals surface area contributed by atoms with Crippen LogP contribution in [0, 0.1) is 0 Å². The summed E-state index contributed by atoms with van der Waals surface area (Å²) >= 11 is 3.23. The van der Waals surface area contributed by atoms with Crippen LogP contribution in [0.2, 0.25) is 0 Å². The van der Waals surface area contributed by atoms with Crippen molar-refractivity contribution in [3.05, 3.63) is 56.4 Å². The van der Waals surface area contributed by atoms with E-state index in [2.05, 4.69) is 25.8 Å². The minimum Gasteiger partial charge on any atom is -0.268 e. The van der Waals surface area contributed by atoms with Gasteiger partial charge in [-0.2, -0.15) is 5.10 Å². The number of aromatic nitrogens is 2. The fraction of sp³-hybridized carbons (Fsp3) is 0.333. The van der Waals surface area contributed by atoms with Gasteiger partial charge in [-0.3, -0.25) is 4.79 Å². The zero-order chi connectivity index (χ0) is 16.4. The summed E-state index contributed by atoms with van der Waals surface area (Å²) in [6.07, 6.45) is 2.78. The molecule has 1 aliphatic carbocycles. The first-order chi connectivity index (χ1) is 11.0. The normalized spacial score (nSPS) is 14.0. The van der Waals surface area contributed by atoms with Crippen LogP contribution in [0.15, 0.2) is 44.5 Å². The average Bonchev–Trinajstić information content (AvgIpc) is 2.94. The molecule has 1 aliphatic rings. The van der Waals surface area contributed by atoms with Crippen LogP contribution in [-0.2, 0) is 29.4 Å². The second-order valence-corrected chi connectivity index (χ2v) is 7.95. The number of aryl methyl sites for hydroxylation is 2. The fourth-order valence-corrected chi connectivity index (χ4v) is 4.65. The molecular weight excluding hydrogens is 382 g/mol. The molecule has 1 aromatic heterocycles. The molecule has 0 unspecified atom stereocenters. The van der Waals surface area contributed by atoms with Crippen LogP contribution in [0.4, 0.5) is 0 Å². The molecule has 1 heterocycles. The van der Waals surface area contributed by atoms with Gasteiger partial charge in [-0.15, -0.1) is 0 Å². The van der Waals surface area contributed by atoms with E-state index in [9.17, 15) is 13.2 Å². The number of hydrogen-bond donors (Lipinski definition) is 1. The maximum atomic E-state index is 12.3. The van der Waals surface area contributed by atoms with Crippen molar-refractivity contribution in [3.63, 3.8) is 0 Å². The van der Waals surface area contributed by atoms with Crippen LogP contribution in [0.1, 0.15) is 17.7 Å². The van der Waals surface area contributed by atoms with E-state index >= 15 is 0 Å². The van der Waals surface area contributed by atoms with Crippen LogP contribution in [0.25, 0.3) is 0 Å². The molecule has 0 amide bonds. The summed E-state index contributed by atoms with van der Waals surface area (Å²) in [4.78, 5) is 12.1. The van der Waals surface area contributed by atoms with Crippen molar-refractivity contribution in [1.29, 1.82) is 0 Å². The van der Waals surface area contributed by atoms with E-state index in [1.54, 1.807) is 24.3 Å². The van der Waals surface area contributed by atoms with Crippen LogP contribution >= 0.6 is 15.9 Å². The van der Waals surface area contributed by atoms with Crippen molar-refractivity contribution in [2.75, 3.05) is 6.54 Å². The number of halogens is 1. The third-order valence-corrected chi connectivity index (χ3v) is 6.24. The predicted molar refractivity (Wildman–Crippen MR) is 89.9 cm³/mol. The number of rotatable bonds is 5. The van der Waals surface area contributed by atoms with Crippen molar-refractivity contribution in [3.8, 4) is 0 Å². The number of nitrogens with one attached hydrogen (secondary N) is 1. The lowest BCUT2D eigenvalue weighted by atomic mass is 10.2. The molecule has 1 aromatic carbocycles. The Labute approximate surface area is 142 Å².